The summed E-state index contributed by atoms with van der Waals surface area (Å²) in [4.78, 5) is 0. The van der Waals surface area contributed by atoms with Crippen LogP contribution in [0.1, 0.15) is 56.1 Å². The van der Waals surface area contributed by atoms with Crippen LogP contribution in [0.4, 0.5) is 4.39 Å². The lowest BCUT2D eigenvalue weighted by Crippen LogP contribution is -2.44. The summed E-state index contributed by atoms with van der Waals surface area (Å²) in [5.74, 6) is 1.10. The second kappa shape index (κ2) is 4.45. The van der Waals surface area contributed by atoms with Crippen LogP contribution in [-0.4, -0.2) is 16.3 Å². The first kappa shape index (κ1) is 13.6. The molecule has 0 spiro atoms. The van der Waals surface area contributed by atoms with Gasteiger partial charge in [0.25, 0.3) is 0 Å². The van der Waals surface area contributed by atoms with Crippen LogP contribution in [0.2, 0.25) is 0 Å². The van der Waals surface area contributed by atoms with E-state index in [0.29, 0.717) is 11.8 Å². The Morgan fingerprint density at radius 3 is 2.81 bits per heavy atom. The van der Waals surface area contributed by atoms with Crippen LogP contribution in [0.3, 0.4) is 0 Å². The molecule has 0 bridgehead atoms. The maximum absolute atomic E-state index is 14.4. The molecule has 0 aromatic heterocycles. The number of rotatable bonds is 0. The number of aliphatic hydroxyl groups excluding tert-OH is 1. The molecule has 3 heteroatoms. The van der Waals surface area contributed by atoms with E-state index in [1.165, 1.54) is 6.07 Å². The number of fused-ring (bicyclic) bond motifs is 5. The number of aromatic hydroxyl groups is 1. The molecule has 1 aromatic rings. The minimum absolute atomic E-state index is 0.0338. The van der Waals surface area contributed by atoms with Crippen molar-refractivity contribution in [2.45, 2.75) is 57.5 Å². The molecule has 2 N–H and O–H groups in total. The Labute approximate surface area is 125 Å². The fraction of sp³-hybridized carbons (Fsp3) is 0.667. The first-order valence-electron chi connectivity index (χ1n) is 8.20. The molecule has 2 saturated carbocycles. The topological polar surface area (TPSA) is 40.5 Å². The molecule has 3 aliphatic rings. The number of hydrogen-bond donors (Lipinski definition) is 2. The van der Waals surface area contributed by atoms with Crippen molar-refractivity contribution in [2.75, 3.05) is 0 Å². The van der Waals surface area contributed by atoms with Gasteiger partial charge in [0, 0.05) is 6.07 Å². The van der Waals surface area contributed by atoms with Crippen LogP contribution in [0, 0.1) is 23.1 Å². The van der Waals surface area contributed by atoms with E-state index in [9.17, 15) is 14.6 Å². The van der Waals surface area contributed by atoms with Gasteiger partial charge in [-0.15, -0.1) is 0 Å². The van der Waals surface area contributed by atoms with Gasteiger partial charge in [0.1, 0.15) is 11.6 Å². The molecule has 3 aliphatic carbocycles. The van der Waals surface area contributed by atoms with Gasteiger partial charge >= 0.3 is 0 Å². The molecular formula is C18H23FO2. The first-order valence-corrected chi connectivity index (χ1v) is 8.20. The van der Waals surface area contributed by atoms with Crippen molar-refractivity contribution in [3.05, 3.63) is 29.1 Å². The highest BCUT2D eigenvalue weighted by atomic mass is 19.1. The predicted molar refractivity (Wildman–Crippen MR) is 78.7 cm³/mol. The van der Waals surface area contributed by atoms with Crippen molar-refractivity contribution in [2.24, 2.45) is 17.3 Å². The van der Waals surface area contributed by atoms with E-state index in [4.69, 9.17) is 0 Å². The molecule has 0 heterocycles. The molecule has 0 radical (unpaired) electrons. The number of aryl methyl sites for hydroxylation is 1. The van der Waals surface area contributed by atoms with Crippen LogP contribution < -0.4 is 0 Å². The third-order valence-electron chi connectivity index (χ3n) is 6.70. The molecule has 2 fully saturated rings. The maximum Gasteiger partial charge on any atom is 0.130 e. The molecule has 114 valence electrons. The summed E-state index contributed by atoms with van der Waals surface area (Å²) < 4.78 is 14.4. The van der Waals surface area contributed by atoms with Crippen molar-refractivity contribution in [1.82, 2.24) is 0 Å². The van der Waals surface area contributed by atoms with E-state index in [1.807, 2.05) is 0 Å². The zero-order valence-corrected chi connectivity index (χ0v) is 12.5. The van der Waals surface area contributed by atoms with Crippen molar-refractivity contribution in [1.29, 1.82) is 0 Å². The lowest BCUT2D eigenvalue weighted by atomic mass is 9.55. The van der Waals surface area contributed by atoms with Gasteiger partial charge in [0.05, 0.1) is 6.10 Å². The van der Waals surface area contributed by atoms with E-state index >= 15 is 0 Å². The molecule has 21 heavy (non-hydrogen) atoms. The Balaban J connectivity index is 1.75. The third-order valence-corrected chi connectivity index (χ3v) is 6.70. The van der Waals surface area contributed by atoms with Crippen molar-refractivity contribution >= 4 is 0 Å². The van der Waals surface area contributed by atoms with Gasteiger partial charge in [-0.05, 0) is 78.9 Å². The number of aliphatic hydroxyl groups is 1. The van der Waals surface area contributed by atoms with Crippen LogP contribution in [0.15, 0.2) is 12.1 Å². The summed E-state index contributed by atoms with van der Waals surface area (Å²) in [6, 6.07) is 3.00. The molecule has 1 aromatic carbocycles. The molecule has 2 nitrogen and oxygen atoms in total. The van der Waals surface area contributed by atoms with Crippen LogP contribution >= 0.6 is 0 Å². The Bertz CT molecular complexity index is 585. The summed E-state index contributed by atoms with van der Waals surface area (Å²) in [6.07, 6.45) is 5.65. The van der Waals surface area contributed by atoms with E-state index in [0.717, 1.165) is 49.7 Å². The average Bonchev–Trinajstić information content (AvgIpc) is 2.74. The smallest absolute Gasteiger partial charge is 0.130 e. The quantitative estimate of drug-likeness (QED) is 0.764. The molecule has 0 aliphatic heterocycles. The Morgan fingerprint density at radius 2 is 2.00 bits per heavy atom. The minimum atomic E-state index is -0.234. The van der Waals surface area contributed by atoms with E-state index in [-0.39, 0.29) is 29.0 Å². The highest BCUT2D eigenvalue weighted by molar-refractivity contribution is 5.41. The van der Waals surface area contributed by atoms with Gasteiger partial charge in [-0.3, -0.25) is 0 Å². The van der Waals surface area contributed by atoms with Gasteiger partial charge in [-0.25, -0.2) is 4.39 Å². The second-order valence-corrected chi connectivity index (χ2v) is 7.55. The molecular weight excluding hydrogens is 267 g/mol. The van der Waals surface area contributed by atoms with Crippen molar-refractivity contribution in [3.8, 4) is 5.75 Å². The summed E-state index contributed by atoms with van der Waals surface area (Å²) in [5.41, 5.74) is 1.88. The zero-order valence-electron chi connectivity index (χ0n) is 12.5. The van der Waals surface area contributed by atoms with E-state index in [2.05, 4.69) is 6.92 Å². The number of benzene rings is 1. The fourth-order valence-electron chi connectivity index (χ4n) is 5.62. The summed E-state index contributed by atoms with van der Waals surface area (Å²) >= 11 is 0. The zero-order chi connectivity index (χ0) is 14.8. The minimum Gasteiger partial charge on any atom is -0.508 e. The van der Waals surface area contributed by atoms with Gasteiger partial charge in [-0.1, -0.05) is 6.92 Å². The standard InChI is InChI=1S/C18H23FO2/c1-18-7-6-13-12(14(18)4-5-16(18)21)3-2-10-8-11(20)9-15(19)17(10)13/h8-9,12-14,16,20-21H,2-7H2,1H3/t12-,13-,14-,16-,18-/m0/s1. The van der Waals surface area contributed by atoms with Crippen LogP contribution in [0.25, 0.3) is 0 Å². The van der Waals surface area contributed by atoms with E-state index in [1.54, 1.807) is 6.07 Å². The van der Waals surface area contributed by atoms with Gasteiger partial charge in [0.2, 0.25) is 0 Å². The maximum atomic E-state index is 14.4. The van der Waals surface area contributed by atoms with Crippen LogP contribution in [0.5, 0.6) is 5.75 Å². The number of phenols is 1. The summed E-state index contributed by atoms with van der Waals surface area (Å²) in [5, 5.41) is 20.0. The monoisotopic (exact) mass is 290 g/mol. The lowest BCUT2D eigenvalue weighted by Gasteiger charge is -2.50. The fourth-order valence-corrected chi connectivity index (χ4v) is 5.62. The van der Waals surface area contributed by atoms with Gasteiger partial charge in [0.15, 0.2) is 0 Å². The summed E-state index contributed by atoms with van der Waals surface area (Å²) in [6.45, 7) is 2.23. The Kier molecular flexibility index (Phi) is 2.88. The normalized spacial score (nSPS) is 41.3. The largest absolute Gasteiger partial charge is 0.508 e. The lowest BCUT2D eigenvalue weighted by molar-refractivity contribution is -0.0231. The predicted octanol–water partition coefficient (Wildman–Crippen LogP) is 3.75. The van der Waals surface area contributed by atoms with Gasteiger partial charge in [-0.2, -0.15) is 0 Å². The molecule has 4 rings (SSSR count). The number of hydrogen-bond acceptors (Lipinski definition) is 2. The molecule has 0 amide bonds. The van der Waals surface area contributed by atoms with Crippen molar-refractivity contribution in [3.63, 3.8) is 0 Å². The molecule has 0 saturated heterocycles. The first-order chi connectivity index (χ1) is 10.0. The highest BCUT2D eigenvalue weighted by Crippen LogP contribution is 2.61. The highest BCUT2D eigenvalue weighted by Gasteiger charge is 2.54. The Morgan fingerprint density at radius 1 is 1.19 bits per heavy atom. The van der Waals surface area contributed by atoms with Crippen LogP contribution in [-0.2, 0) is 6.42 Å². The summed E-state index contributed by atoms with van der Waals surface area (Å²) in [7, 11) is 0. The third kappa shape index (κ3) is 1.79. The Hall–Kier alpha value is -1.09. The van der Waals surface area contributed by atoms with Crippen molar-refractivity contribution < 1.29 is 14.6 Å². The van der Waals surface area contributed by atoms with Gasteiger partial charge < -0.3 is 10.2 Å². The average molecular weight is 290 g/mol. The van der Waals surface area contributed by atoms with E-state index < -0.39 is 0 Å². The SMILES string of the molecule is C[C@]12CC[C@@H]3c4c(F)cc(O)cc4CC[C@@H]3[C@@H]1CC[C@@H]2O. The molecule has 0 unspecified atom stereocenters. The number of phenolic OH excluding ortho intramolecular Hbond substituents is 1. The number of halogens is 1. The molecule has 5 atom stereocenters. The second-order valence-electron chi connectivity index (χ2n) is 7.55.